The first-order valence-electron chi connectivity index (χ1n) is 10.3. The highest BCUT2D eigenvalue weighted by Crippen LogP contribution is 2.64. The molecule has 0 aromatic heterocycles. The molecule has 2 saturated carbocycles. The van der Waals surface area contributed by atoms with Crippen molar-refractivity contribution in [3.05, 3.63) is 42.0 Å². The molecule has 1 aromatic carbocycles. The maximum atomic E-state index is 12.4. The van der Waals surface area contributed by atoms with Gasteiger partial charge in [0, 0.05) is 11.2 Å². The molecule has 4 rings (SSSR count). The molecule has 0 spiro atoms. The standard InChI is InChI=1S/C23H30BrNO3/c1-3-23(12-24,21(25)28)19-11-18-17-6-4-13-10-14(26)5-7-15(13)16(17)8-9-22(18,2)20(19)27/h3,5,7,10,16-20,26-27H,1,4,6,8-9,11-12H2,2H3,(H2,25,28)/t16-,17-,18+,19?,20+,22+,23?/m1/s1. The third-order valence-electron chi connectivity index (χ3n) is 8.42. The number of alkyl halides is 1. The minimum Gasteiger partial charge on any atom is -0.508 e. The molecule has 2 unspecified atom stereocenters. The Hall–Kier alpha value is -1.33. The second kappa shape index (κ2) is 6.88. The fourth-order valence-electron chi connectivity index (χ4n) is 6.74. The van der Waals surface area contributed by atoms with Crippen LogP contribution in [0.4, 0.5) is 0 Å². The Labute approximate surface area is 175 Å². The third kappa shape index (κ3) is 2.62. The first-order valence-corrected chi connectivity index (χ1v) is 11.4. The van der Waals surface area contributed by atoms with Gasteiger partial charge in [-0.1, -0.05) is 35.0 Å². The molecular weight excluding hydrogens is 418 g/mol. The van der Waals surface area contributed by atoms with Crippen LogP contribution in [-0.2, 0) is 11.2 Å². The average Bonchev–Trinajstić information content (AvgIpc) is 2.94. The molecule has 4 N–H and O–H groups in total. The summed E-state index contributed by atoms with van der Waals surface area (Å²) in [7, 11) is 0. The number of aryl methyl sites for hydroxylation is 1. The van der Waals surface area contributed by atoms with E-state index < -0.39 is 17.4 Å². The molecule has 28 heavy (non-hydrogen) atoms. The lowest BCUT2D eigenvalue weighted by atomic mass is 9.55. The van der Waals surface area contributed by atoms with E-state index in [0.29, 0.717) is 28.8 Å². The van der Waals surface area contributed by atoms with Gasteiger partial charge in [-0.25, -0.2) is 0 Å². The number of aliphatic hydroxyl groups excluding tert-OH is 1. The second-order valence-electron chi connectivity index (χ2n) is 9.37. The number of fused-ring (bicyclic) bond motifs is 5. The summed E-state index contributed by atoms with van der Waals surface area (Å²) in [5.41, 5.74) is 7.30. The van der Waals surface area contributed by atoms with Crippen LogP contribution in [0, 0.1) is 28.6 Å². The summed E-state index contributed by atoms with van der Waals surface area (Å²) in [4.78, 5) is 12.4. The van der Waals surface area contributed by atoms with E-state index in [9.17, 15) is 15.0 Å². The fourth-order valence-corrected chi connectivity index (χ4v) is 7.66. The molecule has 3 aliphatic carbocycles. The van der Waals surface area contributed by atoms with Crippen molar-refractivity contribution in [2.45, 2.75) is 51.0 Å². The SMILES string of the molecule is C=CC(CBr)(C(N)=O)C1C[C@H]2[C@@H]3CCc4cc(O)ccc4[C@H]3CC[C@]2(C)[C@H]1O. The molecule has 7 atom stereocenters. The monoisotopic (exact) mass is 447 g/mol. The van der Waals surface area contributed by atoms with Crippen molar-refractivity contribution < 1.29 is 15.0 Å². The van der Waals surface area contributed by atoms with Crippen LogP contribution in [0.2, 0.25) is 0 Å². The molecule has 0 aliphatic heterocycles. The van der Waals surface area contributed by atoms with Crippen molar-refractivity contribution >= 4 is 21.8 Å². The highest BCUT2D eigenvalue weighted by molar-refractivity contribution is 9.09. The van der Waals surface area contributed by atoms with Crippen LogP contribution in [0.15, 0.2) is 30.9 Å². The van der Waals surface area contributed by atoms with Crippen molar-refractivity contribution in [1.29, 1.82) is 0 Å². The maximum Gasteiger partial charge on any atom is 0.228 e. The Morgan fingerprint density at radius 3 is 2.86 bits per heavy atom. The Bertz CT molecular complexity index is 811. The van der Waals surface area contributed by atoms with Gasteiger partial charge in [0.15, 0.2) is 0 Å². The lowest BCUT2D eigenvalue weighted by Gasteiger charge is -2.50. The zero-order chi connectivity index (χ0) is 20.3. The summed E-state index contributed by atoms with van der Waals surface area (Å²) in [5, 5.41) is 21.6. The smallest absolute Gasteiger partial charge is 0.228 e. The molecule has 0 bridgehead atoms. The number of hydrogen-bond acceptors (Lipinski definition) is 3. The molecule has 5 heteroatoms. The lowest BCUT2D eigenvalue weighted by molar-refractivity contribution is -0.129. The zero-order valence-corrected chi connectivity index (χ0v) is 18.0. The number of nitrogens with two attached hydrogens (primary N) is 1. The Balaban J connectivity index is 1.70. The van der Waals surface area contributed by atoms with Gasteiger partial charge in [0.25, 0.3) is 0 Å². The van der Waals surface area contributed by atoms with E-state index in [-0.39, 0.29) is 11.3 Å². The van der Waals surface area contributed by atoms with Gasteiger partial charge < -0.3 is 15.9 Å². The number of phenols is 1. The number of aliphatic hydroxyl groups is 1. The van der Waals surface area contributed by atoms with Crippen LogP contribution in [0.3, 0.4) is 0 Å². The van der Waals surface area contributed by atoms with E-state index >= 15 is 0 Å². The van der Waals surface area contributed by atoms with Gasteiger partial charge in [0.05, 0.1) is 11.5 Å². The minimum absolute atomic E-state index is 0.202. The predicted octanol–water partition coefficient (Wildman–Crippen LogP) is 3.89. The topological polar surface area (TPSA) is 83.6 Å². The number of halogens is 1. The first-order chi connectivity index (χ1) is 13.3. The predicted molar refractivity (Wildman–Crippen MR) is 113 cm³/mol. The van der Waals surface area contributed by atoms with E-state index in [1.807, 2.05) is 6.07 Å². The van der Waals surface area contributed by atoms with E-state index in [1.54, 1.807) is 12.1 Å². The molecule has 2 fully saturated rings. The zero-order valence-electron chi connectivity index (χ0n) is 16.4. The molecule has 0 heterocycles. The minimum atomic E-state index is -0.923. The van der Waals surface area contributed by atoms with Crippen LogP contribution in [0.25, 0.3) is 0 Å². The third-order valence-corrected chi connectivity index (χ3v) is 9.35. The number of aromatic hydroxyl groups is 1. The van der Waals surface area contributed by atoms with Crippen LogP contribution < -0.4 is 5.73 Å². The van der Waals surface area contributed by atoms with Crippen molar-refractivity contribution in [1.82, 2.24) is 0 Å². The summed E-state index contributed by atoms with van der Waals surface area (Å²) < 4.78 is 0. The molecular formula is C23H30BrNO3. The molecule has 0 saturated heterocycles. The summed E-state index contributed by atoms with van der Waals surface area (Å²) in [6, 6.07) is 5.79. The normalized spacial score (nSPS) is 38.6. The largest absolute Gasteiger partial charge is 0.508 e. The van der Waals surface area contributed by atoms with Crippen molar-refractivity contribution in [3.8, 4) is 5.75 Å². The fraction of sp³-hybridized carbons (Fsp3) is 0.609. The molecule has 0 radical (unpaired) electrons. The average molecular weight is 448 g/mol. The summed E-state index contributed by atoms with van der Waals surface area (Å²) in [6.07, 6.45) is 5.87. The molecule has 152 valence electrons. The van der Waals surface area contributed by atoms with Gasteiger partial charge in [-0.05, 0) is 78.5 Å². The van der Waals surface area contributed by atoms with E-state index in [0.717, 1.165) is 32.1 Å². The van der Waals surface area contributed by atoms with Gasteiger partial charge in [-0.15, -0.1) is 6.58 Å². The Kier molecular flexibility index (Phi) is 4.90. The van der Waals surface area contributed by atoms with Gasteiger partial charge in [-0.3, -0.25) is 4.79 Å². The number of rotatable bonds is 4. The number of phenolic OH excluding ortho intramolecular Hbond substituents is 1. The van der Waals surface area contributed by atoms with Gasteiger partial charge >= 0.3 is 0 Å². The molecule has 1 aromatic rings. The number of carbonyl (C=O) groups is 1. The van der Waals surface area contributed by atoms with Crippen LogP contribution >= 0.6 is 15.9 Å². The van der Waals surface area contributed by atoms with Crippen molar-refractivity contribution in [2.75, 3.05) is 5.33 Å². The van der Waals surface area contributed by atoms with Crippen molar-refractivity contribution in [2.24, 2.45) is 34.3 Å². The lowest BCUT2D eigenvalue weighted by Crippen LogP contribution is -2.49. The number of hydrogen-bond donors (Lipinski definition) is 3. The van der Waals surface area contributed by atoms with Crippen LogP contribution in [-0.4, -0.2) is 27.6 Å². The first kappa shape index (κ1) is 20.0. The number of benzene rings is 1. The summed E-state index contributed by atoms with van der Waals surface area (Å²) in [5.74, 6) is 1.02. The van der Waals surface area contributed by atoms with Crippen LogP contribution in [0.5, 0.6) is 5.75 Å². The quantitative estimate of drug-likeness (QED) is 0.483. The highest BCUT2D eigenvalue weighted by atomic mass is 79.9. The van der Waals surface area contributed by atoms with Crippen molar-refractivity contribution in [3.63, 3.8) is 0 Å². The molecule has 3 aliphatic rings. The van der Waals surface area contributed by atoms with E-state index in [2.05, 4.69) is 35.5 Å². The maximum absolute atomic E-state index is 12.4. The van der Waals surface area contributed by atoms with Gasteiger partial charge in [0.2, 0.25) is 5.91 Å². The van der Waals surface area contributed by atoms with E-state index in [1.165, 1.54) is 11.1 Å². The molecule has 4 nitrogen and oxygen atoms in total. The van der Waals surface area contributed by atoms with Gasteiger partial charge in [0.1, 0.15) is 5.75 Å². The van der Waals surface area contributed by atoms with Crippen LogP contribution in [0.1, 0.15) is 49.7 Å². The van der Waals surface area contributed by atoms with E-state index in [4.69, 9.17) is 5.73 Å². The van der Waals surface area contributed by atoms with Gasteiger partial charge in [-0.2, -0.15) is 0 Å². The highest BCUT2D eigenvalue weighted by Gasteiger charge is 2.62. The summed E-state index contributed by atoms with van der Waals surface area (Å²) >= 11 is 3.48. The summed E-state index contributed by atoms with van der Waals surface area (Å²) in [6.45, 7) is 6.10. The number of primary amides is 1. The number of amides is 1. The Morgan fingerprint density at radius 1 is 1.46 bits per heavy atom. The Morgan fingerprint density at radius 2 is 2.21 bits per heavy atom. The number of carbonyl (C=O) groups excluding carboxylic acids is 1. The molecule has 1 amide bonds. The second-order valence-corrected chi connectivity index (χ2v) is 9.93.